The Kier molecular flexibility index (Phi) is 37.7. The molecule has 0 aliphatic heterocycles. The maximum Gasteiger partial charge on any atom is 1.00 e. The van der Waals surface area contributed by atoms with E-state index in [1.807, 2.05) is 27.7 Å². The third-order valence-corrected chi connectivity index (χ3v) is 7.61. The summed E-state index contributed by atoms with van der Waals surface area (Å²) in [5.74, 6) is 0. The van der Waals surface area contributed by atoms with Crippen LogP contribution < -0.4 is 48.4 Å². The van der Waals surface area contributed by atoms with Gasteiger partial charge in [-0.05, 0) is 51.7 Å². The number of benzene rings is 2. The Hall–Kier alpha value is -0.171. The molecule has 0 saturated carbocycles. The number of quaternary nitrogens is 2. The maximum atomic E-state index is 5.00. The third kappa shape index (κ3) is 33.2. The summed E-state index contributed by atoms with van der Waals surface area (Å²) >= 11 is 0. The Balaban J connectivity index is -0.000000270. The van der Waals surface area contributed by atoms with E-state index in [1.165, 1.54) is 24.0 Å². The quantitative estimate of drug-likeness (QED) is 0.277. The standard InChI is InChI=1S/2C13H23N2Si.2C4H10O.2Li/c2*1-5-11-14-13(15-16(2,3)4)12-9-7-6-8-10-12;2*1-3-5-4-2;;/h2*6-10,13-14H,5,11H2,1-4H3;2*3-4H2,1-2H3;;/q2*-1;;;2*+1/p+2. The number of nitrogens with zero attached hydrogens (tertiary/aromatic N) is 2. The van der Waals surface area contributed by atoms with E-state index in [-0.39, 0.29) is 37.7 Å². The van der Waals surface area contributed by atoms with Gasteiger partial charge in [0.1, 0.15) is 0 Å². The summed E-state index contributed by atoms with van der Waals surface area (Å²) < 4.78 is 9.67. The SMILES string of the molecule is CCC[NH2+]C([N-][Si](C)(C)C)c1ccccc1.CCC[NH2+]C([N-][Si](C)(C)C)c1ccccc1.CCOCC.CCOCC.[Li+].[Li+]. The van der Waals surface area contributed by atoms with E-state index in [1.54, 1.807) is 0 Å². The van der Waals surface area contributed by atoms with E-state index in [2.05, 4.69) is 124 Å². The van der Waals surface area contributed by atoms with E-state index in [9.17, 15) is 0 Å². The van der Waals surface area contributed by atoms with Crippen molar-refractivity contribution >= 4 is 16.5 Å². The van der Waals surface area contributed by atoms with Gasteiger partial charge in [0.2, 0.25) is 0 Å². The first-order valence-electron chi connectivity index (χ1n) is 16.2. The molecule has 0 heterocycles. The van der Waals surface area contributed by atoms with Crippen molar-refractivity contribution in [3.8, 4) is 0 Å². The number of ether oxygens (including phenoxy) is 2. The summed E-state index contributed by atoms with van der Waals surface area (Å²) in [5, 5.41) is 4.71. The minimum absolute atomic E-state index is 0. The van der Waals surface area contributed by atoms with E-state index in [4.69, 9.17) is 19.4 Å². The average molecular weight is 635 g/mol. The Morgan fingerprint density at radius 1 is 0.523 bits per heavy atom. The van der Waals surface area contributed by atoms with Crippen LogP contribution in [0.5, 0.6) is 0 Å². The fourth-order valence-electron chi connectivity index (χ4n) is 3.72. The van der Waals surface area contributed by atoms with Crippen molar-refractivity contribution in [1.29, 1.82) is 0 Å². The predicted octanol–water partition coefficient (Wildman–Crippen LogP) is 1.83. The molecule has 2 aromatic rings. The van der Waals surface area contributed by atoms with E-state index in [0.29, 0.717) is 12.3 Å². The van der Waals surface area contributed by atoms with Gasteiger partial charge >= 0.3 is 37.7 Å². The van der Waals surface area contributed by atoms with Crippen LogP contribution in [0.25, 0.3) is 9.96 Å². The summed E-state index contributed by atoms with van der Waals surface area (Å²) in [6.45, 7) is 31.8. The van der Waals surface area contributed by atoms with Crippen molar-refractivity contribution in [2.75, 3.05) is 39.5 Å². The topological polar surface area (TPSA) is 79.9 Å². The molecule has 2 rings (SSSR count). The van der Waals surface area contributed by atoms with E-state index in [0.717, 1.165) is 39.5 Å². The summed E-state index contributed by atoms with van der Waals surface area (Å²) in [6, 6.07) is 21.2. The molecule has 0 aliphatic rings. The van der Waals surface area contributed by atoms with Crippen LogP contribution in [0.15, 0.2) is 60.7 Å². The molecular weight excluding hydrogens is 566 g/mol. The fourth-order valence-corrected chi connectivity index (χ4v) is 5.90. The molecular formula is C34H68Li2N4O2Si2+2. The molecule has 44 heavy (non-hydrogen) atoms. The minimum Gasteiger partial charge on any atom is -0.608 e. The van der Waals surface area contributed by atoms with Gasteiger partial charge < -0.3 is 30.1 Å². The first kappa shape index (κ1) is 50.7. The van der Waals surface area contributed by atoms with Gasteiger partial charge in [0.25, 0.3) is 0 Å². The van der Waals surface area contributed by atoms with Crippen LogP contribution in [-0.4, -0.2) is 56.0 Å². The Morgan fingerprint density at radius 2 is 0.795 bits per heavy atom. The number of hydrogen-bond acceptors (Lipinski definition) is 2. The molecule has 10 heteroatoms. The molecule has 0 radical (unpaired) electrons. The van der Waals surface area contributed by atoms with Crippen molar-refractivity contribution < 1.29 is 57.8 Å². The van der Waals surface area contributed by atoms with Crippen LogP contribution in [0.4, 0.5) is 0 Å². The molecule has 0 amide bonds. The smallest absolute Gasteiger partial charge is 0.608 e. The fraction of sp³-hybridized carbons (Fsp3) is 0.647. The second-order valence-electron chi connectivity index (χ2n) is 11.9. The van der Waals surface area contributed by atoms with Gasteiger partial charge in [-0.2, -0.15) is 0 Å². The normalized spacial score (nSPS) is 11.9. The molecule has 2 aromatic carbocycles. The summed E-state index contributed by atoms with van der Waals surface area (Å²) in [5.41, 5.74) is 2.66. The molecule has 0 saturated heterocycles. The van der Waals surface area contributed by atoms with Crippen LogP contribution in [0.2, 0.25) is 39.3 Å². The number of nitrogens with two attached hydrogens (primary N) is 2. The van der Waals surface area contributed by atoms with Crippen molar-refractivity contribution in [3.63, 3.8) is 0 Å². The van der Waals surface area contributed by atoms with Crippen molar-refractivity contribution in [3.05, 3.63) is 81.8 Å². The molecule has 0 aliphatic carbocycles. The Labute approximate surface area is 299 Å². The van der Waals surface area contributed by atoms with Crippen LogP contribution in [0.3, 0.4) is 0 Å². The first-order chi connectivity index (χ1) is 19.9. The Bertz CT molecular complexity index is 754. The summed E-state index contributed by atoms with van der Waals surface area (Å²) in [6.07, 6.45) is 3.00. The van der Waals surface area contributed by atoms with Crippen LogP contribution in [0.1, 0.15) is 77.8 Å². The zero-order valence-corrected chi connectivity index (χ0v) is 33.5. The van der Waals surface area contributed by atoms with Crippen LogP contribution >= 0.6 is 0 Å². The zero-order chi connectivity index (χ0) is 32.3. The van der Waals surface area contributed by atoms with Gasteiger partial charge in [0.15, 0.2) is 0 Å². The van der Waals surface area contributed by atoms with Gasteiger partial charge in [-0.1, -0.05) is 130 Å². The number of hydrogen-bond donors (Lipinski definition) is 2. The first-order valence-corrected chi connectivity index (χ1v) is 23.1. The molecule has 0 aromatic heterocycles. The number of rotatable bonds is 16. The summed E-state index contributed by atoms with van der Waals surface area (Å²) in [7, 11) is -2.72. The molecule has 0 bridgehead atoms. The third-order valence-electron chi connectivity index (χ3n) is 5.51. The second kappa shape index (κ2) is 32.8. The van der Waals surface area contributed by atoms with Gasteiger partial charge in [-0.25, -0.2) is 0 Å². The molecule has 4 N–H and O–H groups in total. The largest absolute Gasteiger partial charge is 1.00 e. The molecule has 0 spiro atoms. The maximum absolute atomic E-state index is 5.00. The zero-order valence-electron chi connectivity index (χ0n) is 31.5. The molecule has 2 atom stereocenters. The molecule has 244 valence electrons. The molecule has 2 unspecified atom stereocenters. The summed E-state index contributed by atoms with van der Waals surface area (Å²) in [4.78, 5) is 10.00. The van der Waals surface area contributed by atoms with Crippen molar-refractivity contribution in [2.24, 2.45) is 0 Å². The predicted molar refractivity (Wildman–Crippen MR) is 190 cm³/mol. The van der Waals surface area contributed by atoms with E-state index < -0.39 is 16.5 Å². The van der Waals surface area contributed by atoms with Crippen LogP contribution in [0, 0.1) is 0 Å². The molecule has 0 fully saturated rings. The minimum atomic E-state index is -1.36. The van der Waals surface area contributed by atoms with E-state index >= 15 is 0 Å². The Morgan fingerprint density at radius 3 is 0.977 bits per heavy atom. The second-order valence-corrected chi connectivity index (χ2v) is 21.1. The van der Waals surface area contributed by atoms with Gasteiger partial charge in [0, 0.05) is 38.8 Å². The van der Waals surface area contributed by atoms with Gasteiger partial charge in [-0.3, -0.25) is 0 Å². The average Bonchev–Trinajstić information content (AvgIpc) is 2.95. The van der Waals surface area contributed by atoms with Crippen molar-refractivity contribution in [1.82, 2.24) is 0 Å². The van der Waals surface area contributed by atoms with Crippen LogP contribution in [-0.2, 0) is 9.47 Å². The van der Waals surface area contributed by atoms with Crippen molar-refractivity contribution in [2.45, 2.75) is 106 Å². The molecule has 6 nitrogen and oxygen atoms in total. The van der Waals surface area contributed by atoms with Gasteiger partial charge in [0.05, 0.1) is 13.1 Å². The monoisotopic (exact) mass is 635 g/mol. The van der Waals surface area contributed by atoms with Gasteiger partial charge in [-0.15, -0.1) is 0 Å².